The molecule has 0 saturated heterocycles. The molecule has 0 N–H and O–H groups in total. The van der Waals surface area contributed by atoms with Crippen LogP contribution in [0.5, 0.6) is 0 Å². The second kappa shape index (κ2) is 4.55. The molecule has 0 aromatic carbocycles. The molecule has 0 saturated carbocycles. The van der Waals surface area contributed by atoms with E-state index in [-0.39, 0.29) is 6.61 Å². The van der Waals surface area contributed by atoms with Crippen LogP contribution in [0.1, 0.15) is 13.3 Å². The molecule has 0 fully saturated rings. The molecule has 0 aliphatic carbocycles. The number of halogens is 3. The third-order valence-corrected chi connectivity index (χ3v) is 1.01. The van der Waals surface area contributed by atoms with Crippen molar-refractivity contribution < 1.29 is 17.9 Å². The van der Waals surface area contributed by atoms with Crippen LogP contribution in [0.3, 0.4) is 0 Å². The molecule has 62 valence electrons. The zero-order valence-electron chi connectivity index (χ0n) is 5.87. The Balaban J connectivity index is 3.28. The summed E-state index contributed by atoms with van der Waals surface area (Å²) >= 11 is 0. The third kappa shape index (κ3) is 4.61. The highest BCUT2D eigenvalue weighted by molar-refractivity contribution is 4.62. The fraction of sp³-hybridized carbons (Fsp3) is 1.00. The minimum atomic E-state index is -3.20. The third-order valence-electron chi connectivity index (χ3n) is 1.01. The molecule has 0 aliphatic rings. The van der Waals surface area contributed by atoms with Gasteiger partial charge in [0.2, 0.25) is 0 Å². The van der Waals surface area contributed by atoms with Crippen LogP contribution in [-0.2, 0) is 4.74 Å². The fourth-order valence-corrected chi connectivity index (χ4v) is 0.433. The van der Waals surface area contributed by atoms with E-state index in [4.69, 9.17) is 0 Å². The van der Waals surface area contributed by atoms with Crippen molar-refractivity contribution in [1.82, 2.24) is 0 Å². The van der Waals surface area contributed by atoms with E-state index in [0.717, 1.165) is 0 Å². The molecule has 0 amide bonds. The van der Waals surface area contributed by atoms with E-state index in [0.29, 0.717) is 6.61 Å². The predicted molar refractivity (Wildman–Crippen MR) is 32.0 cm³/mol. The van der Waals surface area contributed by atoms with Gasteiger partial charge in [0.15, 0.2) is 6.67 Å². The van der Waals surface area contributed by atoms with Gasteiger partial charge in [-0.15, -0.1) is 0 Å². The second-order valence-electron chi connectivity index (χ2n) is 1.94. The Labute approximate surface area is 58.2 Å². The Morgan fingerprint density at radius 3 is 2.40 bits per heavy atom. The van der Waals surface area contributed by atoms with Gasteiger partial charge in [-0.1, -0.05) is 0 Å². The first-order valence-corrected chi connectivity index (χ1v) is 3.14. The summed E-state index contributed by atoms with van der Waals surface area (Å²) in [6.45, 7) is 0.420. The van der Waals surface area contributed by atoms with E-state index in [9.17, 15) is 13.2 Å². The van der Waals surface area contributed by atoms with Gasteiger partial charge in [-0.2, -0.15) is 0 Å². The Morgan fingerprint density at radius 1 is 1.40 bits per heavy atom. The molecule has 0 bridgehead atoms. The zero-order valence-corrected chi connectivity index (χ0v) is 5.87. The topological polar surface area (TPSA) is 9.23 Å². The summed E-state index contributed by atoms with van der Waals surface area (Å²) in [5, 5.41) is 0. The maximum absolute atomic E-state index is 12.0. The highest BCUT2D eigenvalue weighted by Crippen LogP contribution is 2.18. The lowest BCUT2D eigenvalue weighted by molar-refractivity contribution is -0.0495. The summed E-state index contributed by atoms with van der Waals surface area (Å²) in [6.07, 6.45) is -0.530. The number of rotatable bonds is 5. The van der Waals surface area contributed by atoms with E-state index >= 15 is 0 Å². The molecule has 0 radical (unpaired) electrons. The largest absolute Gasteiger partial charge is 0.382 e. The van der Waals surface area contributed by atoms with Crippen molar-refractivity contribution in [3.63, 3.8) is 0 Å². The molecule has 0 heterocycles. The maximum Gasteiger partial charge on any atom is 0.278 e. The van der Waals surface area contributed by atoms with Crippen LogP contribution < -0.4 is 0 Å². The number of ether oxygens (including phenoxy) is 1. The standard InChI is InChI=1S/C6H11F3O/c1-2-10-4-3-6(8,9)5-7/h2-5H2,1H3. The van der Waals surface area contributed by atoms with Crippen LogP contribution in [0.25, 0.3) is 0 Å². The van der Waals surface area contributed by atoms with Crippen LogP contribution in [0.4, 0.5) is 13.2 Å². The van der Waals surface area contributed by atoms with Gasteiger partial charge in [0.05, 0.1) is 6.61 Å². The Kier molecular flexibility index (Phi) is 4.43. The number of hydrogen-bond donors (Lipinski definition) is 0. The van der Waals surface area contributed by atoms with Crippen LogP contribution >= 0.6 is 0 Å². The smallest absolute Gasteiger partial charge is 0.278 e. The van der Waals surface area contributed by atoms with Crippen molar-refractivity contribution in [3.8, 4) is 0 Å². The lowest BCUT2D eigenvalue weighted by atomic mass is 10.3. The summed E-state index contributed by atoms with van der Waals surface area (Å²) in [4.78, 5) is 0. The van der Waals surface area contributed by atoms with Gasteiger partial charge < -0.3 is 4.74 Å². The first-order chi connectivity index (χ1) is 4.62. The number of alkyl halides is 3. The molecule has 1 nitrogen and oxygen atoms in total. The quantitative estimate of drug-likeness (QED) is 0.553. The van der Waals surface area contributed by atoms with Crippen LogP contribution in [0, 0.1) is 0 Å². The molecule has 0 aromatic heterocycles. The highest BCUT2D eigenvalue weighted by atomic mass is 19.3. The van der Waals surface area contributed by atoms with Gasteiger partial charge in [-0.3, -0.25) is 0 Å². The lowest BCUT2D eigenvalue weighted by Gasteiger charge is -2.10. The molecule has 0 rings (SSSR count). The zero-order chi connectivity index (χ0) is 8.04. The molecular weight excluding hydrogens is 145 g/mol. The van der Waals surface area contributed by atoms with Gasteiger partial charge in [0.25, 0.3) is 5.92 Å². The van der Waals surface area contributed by atoms with Crippen molar-refractivity contribution in [2.45, 2.75) is 19.3 Å². The van der Waals surface area contributed by atoms with Crippen molar-refractivity contribution >= 4 is 0 Å². The first kappa shape index (κ1) is 9.75. The Hall–Kier alpha value is -0.250. The van der Waals surface area contributed by atoms with E-state index in [1.165, 1.54) is 0 Å². The van der Waals surface area contributed by atoms with E-state index < -0.39 is 19.0 Å². The first-order valence-electron chi connectivity index (χ1n) is 3.14. The van der Waals surface area contributed by atoms with Crippen LogP contribution in [-0.4, -0.2) is 25.8 Å². The molecule has 10 heavy (non-hydrogen) atoms. The summed E-state index contributed by atoms with van der Waals surface area (Å²) in [5.74, 6) is -3.20. The average molecular weight is 156 g/mol. The van der Waals surface area contributed by atoms with Gasteiger partial charge in [-0.25, -0.2) is 13.2 Å². The highest BCUT2D eigenvalue weighted by Gasteiger charge is 2.27. The van der Waals surface area contributed by atoms with Crippen LogP contribution in [0.2, 0.25) is 0 Å². The molecular formula is C6H11F3O. The summed E-state index contributed by atoms with van der Waals surface area (Å²) in [5.41, 5.74) is 0. The van der Waals surface area contributed by atoms with E-state index in [1.807, 2.05) is 0 Å². The predicted octanol–water partition coefficient (Wildman–Crippen LogP) is 2.02. The molecule has 0 aromatic rings. The van der Waals surface area contributed by atoms with Crippen LogP contribution in [0.15, 0.2) is 0 Å². The van der Waals surface area contributed by atoms with Gasteiger partial charge in [-0.05, 0) is 6.92 Å². The maximum atomic E-state index is 12.0. The van der Waals surface area contributed by atoms with Gasteiger partial charge in [0, 0.05) is 13.0 Å². The monoisotopic (exact) mass is 156 g/mol. The summed E-state index contributed by atoms with van der Waals surface area (Å²) < 4.78 is 40.1. The van der Waals surface area contributed by atoms with Crippen molar-refractivity contribution in [2.24, 2.45) is 0 Å². The normalized spacial score (nSPS) is 12.0. The minimum absolute atomic E-state index is 0.0760. The molecule has 0 atom stereocenters. The molecule has 0 aliphatic heterocycles. The minimum Gasteiger partial charge on any atom is -0.382 e. The van der Waals surface area contributed by atoms with Crippen molar-refractivity contribution in [3.05, 3.63) is 0 Å². The fourth-order valence-electron chi connectivity index (χ4n) is 0.433. The van der Waals surface area contributed by atoms with Gasteiger partial charge in [0.1, 0.15) is 0 Å². The Bertz CT molecular complexity index is 85.1. The van der Waals surface area contributed by atoms with E-state index in [1.54, 1.807) is 6.92 Å². The second-order valence-corrected chi connectivity index (χ2v) is 1.94. The molecule has 0 unspecified atom stereocenters. The molecule has 4 heteroatoms. The SMILES string of the molecule is CCOCCC(F)(F)CF. The van der Waals surface area contributed by atoms with Crippen molar-refractivity contribution in [1.29, 1.82) is 0 Å². The average Bonchev–Trinajstić information content (AvgIpc) is 1.89. The van der Waals surface area contributed by atoms with E-state index in [2.05, 4.69) is 4.74 Å². The molecule has 0 spiro atoms. The summed E-state index contributed by atoms with van der Waals surface area (Å²) in [7, 11) is 0. The number of hydrogen-bond acceptors (Lipinski definition) is 1. The summed E-state index contributed by atoms with van der Waals surface area (Å²) in [6, 6.07) is 0. The lowest BCUT2D eigenvalue weighted by Crippen LogP contribution is -2.21. The van der Waals surface area contributed by atoms with Gasteiger partial charge >= 0.3 is 0 Å². The van der Waals surface area contributed by atoms with Crippen molar-refractivity contribution in [2.75, 3.05) is 19.9 Å². The Morgan fingerprint density at radius 2 is 2.00 bits per heavy atom.